The van der Waals surface area contributed by atoms with Gasteiger partial charge in [0.15, 0.2) is 23.0 Å². The van der Waals surface area contributed by atoms with E-state index in [-0.39, 0.29) is 18.2 Å². The summed E-state index contributed by atoms with van der Waals surface area (Å²) in [5, 5.41) is 6.69. The molecule has 0 bridgehead atoms. The number of esters is 1. The molecule has 0 atom stereocenters. The molecular formula is C32H24BrN3O7. The summed E-state index contributed by atoms with van der Waals surface area (Å²) in [6.07, 6.45) is 2.89. The number of ether oxygens (including phenoxy) is 4. The van der Waals surface area contributed by atoms with E-state index in [1.165, 1.54) is 19.4 Å². The zero-order chi connectivity index (χ0) is 30.2. The van der Waals surface area contributed by atoms with Gasteiger partial charge in [-0.25, -0.2) is 10.2 Å². The number of benzene rings is 4. The second-order valence-electron chi connectivity index (χ2n) is 9.00. The molecule has 5 rings (SSSR count). The van der Waals surface area contributed by atoms with Crippen LogP contribution in [0.15, 0.2) is 106 Å². The molecular weight excluding hydrogens is 618 g/mol. The zero-order valence-corrected chi connectivity index (χ0v) is 24.3. The largest absolute Gasteiger partial charge is 0.493 e. The highest BCUT2D eigenvalue weighted by atomic mass is 79.9. The van der Waals surface area contributed by atoms with E-state index in [1.807, 2.05) is 0 Å². The van der Waals surface area contributed by atoms with E-state index < -0.39 is 17.8 Å². The van der Waals surface area contributed by atoms with E-state index in [2.05, 4.69) is 31.8 Å². The van der Waals surface area contributed by atoms with Crippen LogP contribution in [0.25, 0.3) is 6.08 Å². The zero-order valence-electron chi connectivity index (χ0n) is 22.7. The lowest BCUT2D eigenvalue weighted by Crippen LogP contribution is -2.32. The van der Waals surface area contributed by atoms with Crippen LogP contribution in [-0.4, -0.2) is 37.9 Å². The molecule has 0 aromatic heterocycles. The topological polar surface area (TPSA) is 125 Å². The summed E-state index contributed by atoms with van der Waals surface area (Å²) in [5.41, 5.74) is 4.30. The van der Waals surface area contributed by atoms with Gasteiger partial charge in [0.25, 0.3) is 11.8 Å². The van der Waals surface area contributed by atoms with Crippen LogP contribution in [0.5, 0.6) is 23.0 Å². The number of hydrogen-bond acceptors (Lipinski definition) is 8. The third-order valence-electron chi connectivity index (χ3n) is 6.09. The van der Waals surface area contributed by atoms with Crippen molar-refractivity contribution in [3.05, 3.63) is 123 Å². The van der Waals surface area contributed by atoms with Gasteiger partial charge in [-0.2, -0.15) is 5.10 Å². The number of nitrogens with zero attached hydrogens (tertiary/aromatic N) is 1. The summed E-state index contributed by atoms with van der Waals surface area (Å²) in [6.45, 7) is 0.106. The van der Waals surface area contributed by atoms with Gasteiger partial charge in [-0.15, -0.1) is 0 Å². The lowest BCUT2D eigenvalue weighted by molar-refractivity contribution is -0.117. The van der Waals surface area contributed by atoms with Crippen LogP contribution in [0.3, 0.4) is 0 Å². The highest BCUT2D eigenvalue weighted by Gasteiger charge is 2.17. The number of halogens is 1. The maximum absolute atomic E-state index is 13.1. The Labute approximate surface area is 255 Å². The number of methoxy groups -OCH3 is 1. The molecule has 0 fully saturated rings. The Morgan fingerprint density at radius 2 is 1.58 bits per heavy atom. The van der Waals surface area contributed by atoms with Gasteiger partial charge in [0.05, 0.1) is 18.9 Å². The van der Waals surface area contributed by atoms with Crippen molar-refractivity contribution in [1.29, 1.82) is 0 Å². The van der Waals surface area contributed by atoms with Crippen LogP contribution in [0.4, 0.5) is 0 Å². The normalized spacial score (nSPS) is 12.1. The third kappa shape index (κ3) is 7.46. The molecule has 2 amide bonds. The Hall–Kier alpha value is -5.42. The number of hydrogen-bond donors (Lipinski definition) is 2. The van der Waals surface area contributed by atoms with E-state index in [4.69, 9.17) is 18.9 Å². The van der Waals surface area contributed by atoms with Gasteiger partial charge in [-0.3, -0.25) is 9.59 Å². The van der Waals surface area contributed by atoms with Crippen LogP contribution in [-0.2, 0) is 4.79 Å². The smallest absolute Gasteiger partial charge is 0.343 e. The minimum atomic E-state index is -0.662. The van der Waals surface area contributed by atoms with Crippen molar-refractivity contribution in [2.24, 2.45) is 5.10 Å². The van der Waals surface area contributed by atoms with Crippen molar-refractivity contribution in [2.45, 2.75) is 0 Å². The van der Waals surface area contributed by atoms with E-state index in [0.717, 1.165) is 4.47 Å². The van der Waals surface area contributed by atoms with Gasteiger partial charge >= 0.3 is 5.97 Å². The average Bonchev–Trinajstić information content (AvgIpc) is 3.50. The van der Waals surface area contributed by atoms with Gasteiger partial charge in [0.1, 0.15) is 5.70 Å². The molecule has 0 radical (unpaired) electrons. The monoisotopic (exact) mass is 641 g/mol. The molecule has 0 spiro atoms. The fourth-order valence-electron chi connectivity index (χ4n) is 3.93. The summed E-state index contributed by atoms with van der Waals surface area (Å²) in [5.74, 6) is -0.0476. The third-order valence-corrected chi connectivity index (χ3v) is 6.62. The van der Waals surface area contributed by atoms with Crippen LogP contribution in [0.1, 0.15) is 31.8 Å². The van der Waals surface area contributed by atoms with Crippen molar-refractivity contribution < 1.29 is 33.3 Å². The molecule has 0 saturated carbocycles. The number of carbonyl (C=O) groups excluding carboxylic acids is 3. The van der Waals surface area contributed by atoms with Gasteiger partial charge in [0.2, 0.25) is 6.79 Å². The van der Waals surface area contributed by atoms with Gasteiger partial charge in [0, 0.05) is 10.0 Å². The number of hydrazone groups is 1. The second-order valence-corrected chi connectivity index (χ2v) is 9.91. The molecule has 0 unspecified atom stereocenters. The van der Waals surface area contributed by atoms with Crippen molar-refractivity contribution in [3.63, 3.8) is 0 Å². The number of nitrogens with one attached hydrogen (secondary N) is 2. The molecule has 4 aromatic carbocycles. The number of amides is 2. The minimum Gasteiger partial charge on any atom is -0.493 e. The first-order valence-corrected chi connectivity index (χ1v) is 13.7. The predicted molar refractivity (Wildman–Crippen MR) is 162 cm³/mol. The maximum Gasteiger partial charge on any atom is 0.343 e. The van der Waals surface area contributed by atoms with Gasteiger partial charge in [-0.1, -0.05) is 40.2 Å². The SMILES string of the molecule is COc1cc(C=NNC(=O)C(=Cc2ccc3c(c2)OCO3)NC(=O)c2ccccc2)ccc1OC(=O)c1ccc(Br)cc1. The molecule has 0 aliphatic carbocycles. The molecule has 0 saturated heterocycles. The first-order valence-electron chi connectivity index (χ1n) is 12.9. The number of fused-ring (bicyclic) bond motifs is 1. The maximum atomic E-state index is 13.1. The lowest BCUT2D eigenvalue weighted by Gasteiger charge is -2.10. The van der Waals surface area contributed by atoms with Crippen LogP contribution < -0.4 is 29.7 Å². The molecule has 1 heterocycles. The Bertz CT molecular complexity index is 1720. The van der Waals surface area contributed by atoms with Crippen molar-refractivity contribution in [2.75, 3.05) is 13.9 Å². The summed E-state index contributed by atoms with van der Waals surface area (Å²) in [7, 11) is 1.44. The highest BCUT2D eigenvalue weighted by molar-refractivity contribution is 9.10. The molecule has 1 aliphatic heterocycles. The van der Waals surface area contributed by atoms with Gasteiger partial charge in [-0.05, 0) is 83.9 Å². The fourth-order valence-corrected chi connectivity index (χ4v) is 4.20. The van der Waals surface area contributed by atoms with Gasteiger partial charge < -0.3 is 24.3 Å². The van der Waals surface area contributed by atoms with E-state index in [9.17, 15) is 14.4 Å². The van der Waals surface area contributed by atoms with E-state index in [1.54, 1.807) is 91.0 Å². The molecule has 43 heavy (non-hydrogen) atoms. The van der Waals surface area contributed by atoms with Crippen molar-refractivity contribution >= 4 is 46.0 Å². The van der Waals surface area contributed by atoms with Crippen LogP contribution >= 0.6 is 15.9 Å². The Morgan fingerprint density at radius 3 is 2.35 bits per heavy atom. The van der Waals surface area contributed by atoms with E-state index in [0.29, 0.717) is 39.5 Å². The first kappa shape index (κ1) is 29.1. The molecule has 4 aromatic rings. The molecule has 11 heteroatoms. The Morgan fingerprint density at radius 1 is 0.837 bits per heavy atom. The van der Waals surface area contributed by atoms with Crippen molar-refractivity contribution in [1.82, 2.24) is 10.7 Å². The second kappa shape index (κ2) is 13.5. The molecule has 10 nitrogen and oxygen atoms in total. The average molecular weight is 642 g/mol. The lowest BCUT2D eigenvalue weighted by atomic mass is 10.1. The minimum absolute atomic E-state index is 0.0438. The summed E-state index contributed by atoms with van der Waals surface area (Å²) >= 11 is 3.33. The summed E-state index contributed by atoms with van der Waals surface area (Å²) < 4.78 is 22.5. The first-order chi connectivity index (χ1) is 20.9. The van der Waals surface area contributed by atoms with Crippen LogP contribution in [0.2, 0.25) is 0 Å². The van der Waals surface area contributed by atoms with Crippen LogP contribution in [0, 0.1) is 0 Å². The summed E-state index contributed by atoms with van der Waals surface area (Å²) in [6, 6.07) is 25.2. The standard InChI is InChI=1S/C32H24BrN3O7/c1-40-28-17-21(8-14-27(28)43-32(39)23-9-11-24(33)12-10-23)18-34-36-31(38)25(35-30(37)22-5-3-2-4-6-22)15-20-7-13-26-29(16-20)42-19-41-26/h2-18H,19H2,1H3,(H,35,37)(H,36,38). The quantitative estimate of drug-likeness (QED) is 0.0832. The Balaban J connectivity index is 1.30. The number of rotatable bonds is 9. The van der Waals surface area contributed by atoms with E-state index >= 15 is 0 Å². The number of carbonyl (C=O) groups is 3. The molecule has 1 aliphatic rings. The fraction of sp³-hybridized carbons (Fsp3) is 0.0625. The highest BCUT2D eigenvalue weighted by Crippen LogP contribution is 2.33. The Kier molecular flexibility index (Phi) is 9.13. The molecule has 2 N–H and O–H groups in total. The molecule has 216 valence electrons. The van der Waals surface area contributed by atoms with Crippen molar-refractivity contribution in [3.8, 4) is 23.0 Å². The predicted octanol–water partition coefficient (Wildman–Crippen LogP) is 5.33. The summed E-state index contributed by atoms with van der Waals surface area (Å²) in [4.78, 5) is 38.5.